The first-order valence-electron chi connectivity index (χ1n) is 7.78. The predicted octanol–water partition coefficient (Wildman–Crippen LogP) is 5.17. The molecule has 110 valence electrons. The summed E-state index contributed by atoms with van der Waals surface area (Å²) in [4.78, 5) is 0. The van der Waals surface area contributed by atoms with Gasteiger partial charge in [0.15, 0.2) is 0 Å². The van der Waals surface area contributed by atoms with E-state index in [4.69, 9.17) is 4.74 Å². The summed E-state index contributed by atoms with van der Waals surface area (Å²) in [6.45, 7) is 3.01. The molecule has 0 N–H and O–H groups in total. The Bertz CT molecular complexity index is 283. The van der Waals surface area contributed by atoms with Gasteiger partial charge in [-0.2, -0.15) is 8.78 Å². The van der Waals surface area contributed by atoms with E-state index in [2.05, 4.69) is 6.92 Å². The van der Waals surface area contributed by atoms with Gasteiger partial charge in [-0.05, 0) is 37.0 Å². The monoisotopic (exact) mass is 272 g/mol. The molecule has 0 aromatic rings. The van der Waals surface area contributed by atoms with Crippen molar-refractivity contribution in [3.8, 4) is 0 Å². The molecule has 1 saturated carbocycles. The molecule has 1 aliphatic carbocycles. The number of rotatable bonds is 4. The van der Waals surface area contributed by atoms with Crippen LogP contribution in [0.25, 0.3) is 0 Å². The lowest BCUT2D eigenvalue weighted by Crippen LogP contribution is -2.25. The van der Waals surface area contributed by atoms with E-state index < -0.39 is 6.08 Å². The van der Waals surface area contributed by atoms with Crippen molar-refractivity contribution in [1.82, 2.24) is 0 Å². The van der Waals surface area contributed by atoms with Gasteiger partial charge in [-0.25, -0.2) is 0 Å². The fraction of sp³-hybridized carbons (Fsp3) is 0.875. The normalized spacial score (nSPS) is 35.9. The summed E-state index contributed by atoms with van der Waals surface area (Å²) >= 11 is 0. The van der Waals surface area contributed by atoms with Crippen LogP contribution in [0.3, 0.4) is 0 Å². The van der Waals surface area contributed by atoms with Crippen LogP contribution in [0.2, 0.25) is 0 Å². The minimum absolute atomic E-state index is 0.350. The van der Waals surface area contributed by atoms with Gasteiger partial charge in [0, 0.05) is 6.08 Å². The van der Waals surface area contributed by atoms with Gasteiger partial charge in [0.25, 0.3) is 6.08 Å². The first kappa shape index (κ1) is 15.0. The fourth-order valence-electron chi connectivity index (χ4n) is 3.42. The van der Waals surface area contributed by atoms with Crippen molar-refractivity contribution < 1.29 is 13.5 Å². The number of hydrogen-bond acceptors (Lipinski definition) is 1. The Kier molecular flexibility index (Phi) is 5.80. The number of ether oxygens (including phenoxy) is 1. The molecule has 0 amide bonds. The average Bonchev–Trinajstić information content (AvgIpc) is 2.39. The maximum absolute atomic E-state index is 12.1. The molecule has 0 aromatic carbocycles. The van der Waals surface area contributed by atoms with E-state index in [0.717, 1.165) is 30.8 Å². The smallest absolute Gasteiger partial charge is 0.268 e. The molecule has 0 spiro atoms. The van der Waals surface area contributed by atoms with Crippen LogP contribution in [-0.4, -0.2) is 12.7 Å². The van der Waals surface area contributed by atoms with Crippen LogP contribution in [0, 0.1) is 17.8 Å². The summed E-state index contributed by atoms with van der Waals surface area (Å²) in [7, 11) is 0. The Morgan fingerprint density at radius 1 is 1.00 bits per heavy atom. The summed E-state index contributed by atoms with van der Waals surface area (Å²) in [6, 6.07) is 0. The Morgan fingerprint density at radius 3 is 2.21 bits per heavy atom. The van der Waals surface area contributed by atoms with Gasteiger partial charge in [-0.15, -0.1) is 0 Å². The second kappa shape index (κ2) is 7.37. The lowest BCUT2D eigenvalue weighted by Gasteiger charge is -2.30. The quantitative estimate of drug-likeness (QED) is 0.686. The molecule has 1 saturated heterocycles. The minimum atomic E-state index is -1.61. The Morgan fingerprint density at radius 2 is 1.63 bits per heavy atom. The highest BCUT2D eigenvalue weighted by molar-refractivity contribution is 4.91. The van der Waals surface area contributed by atoms with Crippen molar-refractivity contribution in [2.75, 3.05) is 6.61 Å². The van der Waals surface area contributed by atoms with Gasteiger partial charge in [-0.1, -0.05) is 39.0 Å². The van der Waals surface area contributed by atoms with Crippen LogP contribution in [-0.2, 0) is 4.74 Å². The van der Waals surface area contributed by atoms with Crippen molar-refractivity contribution in [3.63, 3.8) is 0 Å². The van der Waals surface area contributed by atoms with Gasteiger partial charge < -0.3 is 4.74 Å². The molecule has 0 radical (unpaired) electrons. The third kappa shape index (κ3) is 5.21. The minimum Gasteiger partial charge on any atom is -0.374 e. The maximum Gasteiger partial charge on any atom is 0.268 e. The summed E-state index contributed by atoms with van der Waals surface area (Å²) in [5, 5.41) is 0. The molecule has 0 bridgehead atoms. The highest BCUT2D eigenvalue weighted by Gasteiger charge is 2.23. The van der Waals surface area contributed by atoms with Crippen molar-refractivity contribution in [1.29, 1.82) is 0 Å². The lowest BCUT2D eigenvalue weighted by molar-refractivity contribution is 0.00435. The van der Waals surface area contributed by atoms with E-state index in [1.165, 1.54) is 38.5 Å². The van der Waals surface area contributed by atoms with E-state index >= 15 is 0 Å². The molecular formula is C16H26F2O. The van der Waals surface area contributed by atoms with E-state index in [1.807, 2.05) is 0 Å². The molecule has 19 heavy (non-hydrogen) atoms. The third-order valence-electron chi connectivity index (χ3n) is 4.84. The van der Waals surface area contributed by atoms with Gasteiger partial charge in [0.05, 0.1) is 12.7 Å². The van der Waals surface area contributed by atoms with Gasteiger partial charge >= 0.3 is 0 Å². The molecule has 2 rings (SSSR count). The molecular weight excluding hydrogens is 246 g/mol. The van der Waals surface area contributed by atoms with Crippen LogP contribution in [0.5, 0.6) is 0 Å². The van der Waals surface area contributed by atoms with Crippen LogP contribution in [0.4, 0.5) is 8.78 Å². The maximum atomic E-state index is 12.1. The van der Waals surface area contributed by atoms with Crippen molar-refractivity contribution >= 4 is 0 Å². The standard InChI is InChI=1S/C16H26F2O/c1-12-2-4-13(5-3-12)6-7-14-8-9-15(19-11-14)10-16(17)18/h10,12-15H,2-9,11H2,1H3. The largest absolute Gasteiger partial charge is 0.374 e. The van der Waals surface area contributed by atoms with Crippen molar-refractivity contribution in [2.45, 2.75) is 64.4 Å². The molecule has 1 heterocycles. The van der Waals surface area contributed by atoms with E-state index in [0.29, 0.717) is 12.5 Å². The molecule has 2 atom stereocenters. The SMILES string of the molecule is CC1CCC(CCC2CCC(C=C(F)F)OC2)CC1. The molecule has 2 fully saturated rings. The summed E-state index contributed by atoms with van der Waals surface area (Å²) < 4.78 is 29.7. The van der Waals surface area contributed by atoms with E-state index in [-0.39, 0.29) is 6.10 Å². The summed E-state index contributed by atoms with van der Waals surface area (Å²) in [6.07, 6.45) is 8.84. The fourth-order valence-corrected chi connectivity index (χ4v) is 3.42. The zero-order chi connectivity index (χ0) is 13.7. The zero-order valence-electron chi connectivity index (χ0n) is 11.9. The lowest BCUT2D eigenvalue weighted by atomic mass is 9.79. The number of halogens is 2. The van der Waals surface area contributed by atoms with Gasteiger partial charge in [0.2, 0.25) is 0 Å². The van der Waals surface area contributed by atoms with E-state index in [9.17, 15) is 8.78 Å². The topological polar surface area (TPSA) is 9.23 Å². The zero-order valence-corrected chi connectivity index (χ0v) is 11.9. The molecule has 1 aliphatic heterocycles. The third-order valence-corrected chi connectivity index (χ3v) is 4.84. The Labute approximate surface area is 115 Å². The first-order chi connectivity index (χ1) is 9.13. The van der Waals surface area contributed by atoms with E-state index in [1.54, 1.807) is 0 Å². The second-order valence-electron chi connectivity index (χ2n) is 6.47. The van der Waals surface area contributed by atoms with Crippen LogP contribution in [0.15, 0.2) is 12.2 Å². The second-order valence-corrected chi connectivity index (χ2v) is 6.47. The van der Waals surface area contributed by atoms with Crippen molar-refractivity contribution in [2.24, 2.45) is 17.8 Å². The molecule has 1 nitrogen and oxygen atoms in total. The highest BCUT2D eigenvalue weighted by atomic mass is 19.3. The van der Waals surface area contributed by atoms with Crippen LogP contribution < -0.4 is 0 Å². The first-order valence-corrected chi connectivity index (χ1v) is 7.78. The highest BCUT2D eigenvalue weighted by Crippen LogP contribution is 2.33. The Balaban J connectivity index is 1.62. The van der Waals surface area contributed by atoms with Crippen molar-refractivity contribution in [3.05, 3.63) is 12.2 Å². The average molecular weight is 272 g/mol. The van der Waals surface area contributed by atoms with Gasteiger partial charge in [0.1, 0.15) is 0 Å². The summed E-state index contributed by atoms with van der Waals surface area (Å²) in [5.41, 5.74) is 0. The van der Waals surface area contributed by atoms with Gasteiger partial charge in [-0.3, -0.25) is 0 Å². The van der Waals surface area contributed by atoms with Crippen LogP contribution >= 0.6 is 0 Å². The summed E-state index contributed by atoms with van der Waals surface area (Å²) in [5.74, 6) is 2.40. The molecule has 2 aliphatic rings. The van der Waals surface area contributed by atoms with Crippen LogP contribution in [0.1, 0.15) is 58.3 Å². The number of hydrogen-bond donors (Lipinski definition) is 0. The molecule has 0 aromatic heterocycles. The molecule has 2 unspecified atom stereocenters. The molecule has 3 heteroatoms. The predicted molar refractivity (Wildman–Crippen MR) is 73.1 cm³/mol. The Hall–Kier alpha value is -0.440.